The molecule has 7 nitrogen and oxygen atoms in total. The fourth-order valence-electron chi connectivity index (χ4n) is 4.25. The second-order valence-corrected chi connectivity index (χ2v) is 12.1. The lowest BCUT2D eigenvalue weighted by Crippen LogP contribution is -2.27. The summed E-state index contributed by atoms with van der Waals surface area (Å²) >= 11 is 0.690. The van der Waals surface area contributed by atoms with Gasteiger partial charge in [0.05, 0.1) is 21.2 Å². The zero-order valence-electron chi connectivity index (χ0n) is 20.9. The van der Waals surface area contributed by atoms with E-state index in [1.165, 1.54) is 17.5 Å². The van der Waals surface area contributed by atoms with Crippen LogP contribution in [-0.4, -0.2) is 48.5 Å². The minimum Gasteiger partial charge on any atom is -0.340 e. The Hall–Kier alpha value is -2.99. The molecule has 3 heterocycles. The van der Waals surface area contributed by atoms with Crippen molar-refractivity contribution in [3.05, 3.63) is 51.5 Å². The van der Waals surface area contributed by atoms with E-state index >= 15 is 0 Å². The van der Waals surface area contributed by atoms with E-state index in [2.05, 4.69) is 29.1 Å². The molecule has 0 radical (unpaired) electrons. The maximum Gasteiger partial charge on any atom is 0.420 e. The zero-order valence-corrected chi connectivity index (χ0v) is 22.5. The summed E-state index contributed by atoms with van der Waals surface area (Å²) in [5, 5.41) is 3.04. The Bertz CT molecular complexity index is 1470. The normalized spacial score (nSPS) is 15.4. The largest absolute Gasteiger partial charge is 0.420 e. The van der Waals surface area contributed by atoms with E-state index in [0.717, 1.165) is 36.5 Å². The Morgan fingerprint density at radius 3 is 2.54 bits per heavy atom. The van der Waals surface area contributed by atoms with Crippen LogP contribution in [0.15, 0.2) is 29.3 Å². The number of rotatable bonds is 6. The van der Waals surface area contributed by atoms with Crippen LogP contribution in [-0.2, 0) is 28.9 Å². The molecule has 1 aliphatic heterocycles. The van der Waals surface area contributed by atoms with Crippen molar-refractivity contribution in [2.75, 3.05) is 24.7 Å². The molecule has 4 rings (SSSR count). The molecule has 3 aromatic rings. The van der Waals surface area contributed by atoms with Crippen LogP contribution < -0.4 is 5.32 Å². The molecule has 1 N–H and O–H groups in total. The molecule has 1 amide bonds. The molecule has 0 saturated carbocycles. The maximum absolute atomic E-state index is 13.9. The second-order valence-electron chi connectivity index (χ2n) is 8.97. The van der Waals surface area contributed by atoms with Crippen LogP contribution >= 0.6 is 11.3 Å². The third kappa shape index (κ3) is 5.35. The third-order valence-corrected chi connectivity index (χ3v) is 9.26. The van der Waals surface area contributed by atoms with Crippen LogP contribution in [0, 0.1) is 6.92 Å². The molecule has 0 spiro atoms. The fourth-order valence-corrected chi connectivity index (χ4v) is 7.28. The maximum atomic E-state index is 13.9. The number of carbonyl (C=O) groups is 1. The number of nitrogens with zero attached hydrogens (tertiary/aromatic N) is 3. The highest BCUT2D eigenvalue weighted by atomic mass is 32.2. The van der Waals surface area contributed by atoms with Gasteiger partial charge in [0.15, 0.2) is 9.84 Å². The number of sulfone groups is 1. The van der Waals surface area contributed by atoms with E-state index in [1.54, 1.807) is 0 Å². The van der Waals surface area contributed by atoms with Gasteiger partial charge in [0.25, 0.3) is 5.91 Å². The number of amides is 1. The topological polar surface area (TPSA) is 92.3 Å². The van der Waals surface area contributed by atoms with Gasteiger partial charge in [-0.3, -0.25) is 4.79 Å². The molecule has 0 aliphatic carbocycles. The first kappa shape index (κ1) is 27.1. The summed E-state index contributed by atoms with van der Waals surface area (Å²) in [5.41, 5.74) is 2.31. The monoisotopic (exact) mass is 552 g/mol. The first-order valence-electron chi connectivity index (χ1n) is 11.8. The molecular weight excluding hydrogens is 525 g/mol. The van der Waals surface area contributed by atoms with Crippen molar-refractivity contribution in [3.8, 4) is 10.6 Å². The Morgan fingerprint density at radius 1 is 1.16 bits per heavy atom. The van der Waals surface area contributed by atoms with Crippen molar-refractivity contribution in [2.45, 2.75) is 51.1 Å². The van der Waals surface area contributed by atoms with Gasteiger partial charge in [0.1, 0.15) is 10.4 Å². The number of hydrogen-bond acceptors (Lipinski definition) is 7. The van der Waals surface area contributed by atoms with Gasteiger partial charge in [-0.25, -0.2) is 18.4 Å². The van der Waals surface area contributed by atoms with Crippen LogP contribution in [0.3, 0.4) is 0 Å². The summed E-state index contributed by atoms with van der Waals surface area (Å²) in [7, 11) is -2.40. The smallest absolute Gasteiger partial charge is 0.340 e. The number of anilines is 2. The van der Waals surface area contributed by atoms with E-state index in [0.29, 0.717) is 23.2 Å². The lowest BCUT2D eigenvalue weighted by atomic mass is 9.97. The predicted octanol–water partition coefficient (Wildman–Crippen LogP) is 5.65. The highest BCUT2D eigenvalue weighted by Crippen LogP contribution is 2.42. The first-order valence-corrected chi connectivity index (χ1v) is 14.3. The summed E-state index contributed by atoms with van der Waals surface area (Å²) in [6.07, 6.45) is -1.45. The molecule has 198 valence electrons. The van der Waals surface area contributed by atoms with Crippen LogP contribution in [0.1, 0.15) is 52.2 Å². The van der Waals surface area contributed by atoms with Crippen molar-refractivity contribution >= 4 is 38.7 Å². The van der Waals surface area contributed by atoms with E-state index < -0.39 is 33.2 Å². The van der Waals surface area contributed by atoms with Gasteiger partial charge < -0.3 is 10.2 Å². The van der Waals surface area contributed by atoms with E-state index in [-0.39, 0.29) is 32.9 Å². The molecule has 0 bridgehead atoms. The van der Waals surface area contributed by atoms with Gasteiger partial charge >= 0.3 is 6.18 Å². The lowest BCUT2D eigenvalue weighted by molar-refractivity contribution is -0.137. The first-order chi connectivity index (χ1) is 17.4. The molecule has 12 heteroatoms. The third-order valence-electron chi connectivity index (χ3n) is 6.29. The average Bonchev–Trinajstić information content (AvgIpc) is 3.27. The Labute approximate surface area is 217 Å². The van der Waals surface area contributed by atoms with Gasteiger partial charge in [-0.05, 0) is 48.6 Å². The van der Waals surface area contributed by atoms with Gasteiger partial charge in [0, 0.05) is 25.5 Å². The summed E-state index contributed by atoms with van der Waals surface area (Å²) in [6.45, 7) is 6.04. The van der Waals surface area contributed by atoms with Gasteiger partial charge in [-0.1, -0.05) is 26.3 Å². The van der Waals surface area contributed by atoms with E-state index in [1.807, 2.05) is 19.1 Å². The lowest BCUT2D eigenvalue weighted by Gasteiger charge is -2.16. The minimum atomic E-state index is -4.79. The highest BCUT2D eigenvalue weighted by molar-refractivity contribution is 7.91. The SMILES string of the molecule is CCCc1cc(Nc2ncc(C(F)(F)F)c(-c3cc4c(s3)C(=O)N(C)CCS4(=O)=O)n2)c(C)cc1CC. The number of fused-ring (bicyclic) bond motifs is 1. The highest BCUT2D eigenvalue weighted by Gasteiger charge is 2.38. The quantitative estimate of drug-likeness (QED) is 0.425. The number of carbonyl (C=O) groups excluding carboxylic acids is 1. The molecule has 1 aliphatic rings. The standard InChI is InChI=1S/C25H27F3N4O3S2/c1-5-7-16-11-18(14(3)10-15(16)6-2)30-24-29-13-17(25(26,27)28)21(31-24)19-12-20-22(36-19)23(33)32(4)8-9-37(20,34)35/h10-13H,5-9H2,1-4H3,(H,29,30,31). The number of alkyl halides is 3. The van der Waals surface area contributed by atoms with Gasteiger partial charge in [-0.2, -0.15) is 13.2 Å². The van der Waals surface area contributed by atoms with Crippen molar-refractivity contribution in [3.63, 3.8) is 0 Å². The zero-order chi connectivity index (χ0) is 27.1. The number of benzene rings is 1. The summed E-state index contributed by atoms with van der Waals surface area (Å²) in [4.78, 5) is 21.6. The summed E-state index contributed by atoms with van der Waals surface area (Å²) in [5.74, 6) is -0.926. The Balaban J connectivity index is 1.83. The number of halogens is 3. The molecule has 0 atom stereocenters. The van der Waals surface area contributed by atoms with Gasteiger partial charge in [0.2, 0.25) is 5.95 Å². The molecule has 0 unspecified atom stereocenters. The molecule has 1 aromatic carbocycles. The number of nitrogens with one attached hydrogen (secondary N) is 1. The van der Waals surface area contributed by atoms with Crippen molar-refractivity contribution in [1.82, 2.24) is 14.9 Å². The number of aromatic nitrogens is 2. The van der Waals surface area contributed by atoms with Crippen LogP contribution in [0.4, 0.5) is 24.8 Å². The van der Waals surface area contributed by atoms with Crippen LogP contribution in [0.2, 0.25) is 0 Å². The fraction of sp³-hybridized carbons (Fsp3) is 0.400. The Morgan fingerprint density at radius 2 is 1.89 bits per heavy atom. The summed E-state index contributed by atoms with van der Waals surface area (Å²) in [6, 6.07) is 5.13. The molecule has 0 fully saturated rings. The number of aryl methyl sites for hydroxylation is 3. The predicted molar refractivity (Wildman–Crippen MR) is 137 cm³/mol. The van der Waals surface area contributed by atoms with Crippen molar-refractivity contribution < 1.29 is 26.4 Å². The molecule has 2 aromatic heterocycles. The van der Waals surface area contributed by atoms with Crippen molar-refractivity contribution in [2.24, 2.45) is 0 Å². The van der Waals surface area contributed by atoms with Gasteiger partial charge in [-0.15, -0.1) is 11.3 Å². The minimum absolute atomic E-state index is 0.00344. The number of hydrogen-bond donors (Lipinski definition) is 1. The van der Waals surface area contributed by atoms with Crippen LogP contribution in [0.25, 0.3) is 10.6 Å². The van der Waals surface area contributed by atoms with E-state index in [9.17, 15) is 26.4 Å². The number of thiophene rings is 1. The van der Waals surface area contributed by atoms with Crippen molar-refractivity contribution in [1.29, 1.82) is 0 Å². The molecule has 37 heavy (non-hydrogen) atoms. The summed E-state index contributed by atoms with van der Waals surface area (Å²) < 4.78 is 67.3. The second kappa shape index (κ2) is 10.1. The molecule has 0 saturated heterocycles. The Kier molecular flexibility index (Phi) is 7.35. The van der Waals surface area contributed by atoms with Crippen LogP contribution in [0.5, 0.6) is 0 Å². The molecular formula is C25H27F3N4O3S2. The van der Waals surface area contributed by atoms with E-state index in [4.69, 9.17) is 0 Å². The average molecular weight is 553 g/mol.